The van der Waals surface area contributed by atoms with E-state index >= 15 is 0 Å². The largest absolute Gasteiger partial charge is 0.310 e. The van der Waals surface area contributed by atoms with Gasteiger partial charge >= 0.3 is 0 Å². The topological polar surface area (TPSA) is 64.0 Å². The summed E-state index contributed by atoms with van der Waals surface area (Å²) in [6.07, 6.45) is 0.0798. The van der Waals surface area contributed by atoms with E-state index in [1.54, 1.807) is 28.9 Å². The molecule has 1 atom stereocenters. The predicted octanol–water partition coefficient (Wildman–Crippen LogP) is 4.76. The SMILES string of the molecule is Cc1cc(C)cc(-n2nc(C)c3c2NC(=O)C[C@@H]3C(=O)c2ccccc2Cl)c1. The van der Waals surface area contributed by atoms with Crippen LogP contribution in [0.4, 0.5) is 5.82 Å². The number of hydrogen-bond donors (Lipinski definition) is 1. The molecule has 0 unspecified atom stereocenters. The number of benzene rings is 2. The van der Waals surface area contributed by atoms with Gasteiger partial charge in [-0.3, -0.25) is 9.59 Å². The van der Waals surface area contributed by atoms with Gasteiger partial charge in [0.05, 0.1) is 22.3 Å². The van der Waals surface area contributed by atoms with Gasteiger partial charge in [0.1, 0.15) is 5.82 Å². The zero-order valence-corrected chi connectivity index (χ0v) is 16.7. The number of ketones is 1. The maximum Gasteiger partial charge on any atom is 0.226 e. The van der Waals surface area contributed by atoms with Crippen LogP contribution in [0.5, 0.6) is 0 Å². The second-order valence-corrected chi connectivity index (χ2v) is 7.66. The molecule has 0 spiro atoms. The lowest BCUT2D eigenvalue weighted by Crippen LogP contribution is -2.28. The molecular weight excluding hydrogens is 374 g/mol. The molecule has 0 saturated carbocycles. The number of nitrogens with one attached hydrogen (secondary N) is 1. The molecule has 1 aromatic heterocycles. The molecule has 5 nitrogen and oxygen atoms in total. The molecule has 0 radical (unpaired) electrons. The average Bonchev–Trinajstić information content (AvgIpc) is 2.96. The van der Waals surface area contributed by atoms with Gasteiger partial charge in [0.25, 0.3) is 0 Å². The molecule has 1 amide bonds. The molecule has 0 aliphatic carbocycles. The minimum Gasteiger partial charge on any atom is -0.310 e. The maximum atomic E-state index is 13.2. The van der Waals surface area contributed by atoms with Gasteiger partial charge in [-0.2, -0.15) is 5.10 Å². The number of nitrogens with zero attached hydrogens (tertiary/aromatic N) is 2. The molecule has 1 aliphatic rings. The third-order valence-electron chi connectivity index (χ3n) is 5.01. The highest BCUT2D eigenvalue weighted by Gasteiger charge is 2.36. The number of halogens is 1. The lowest BCUT2D eigenvalue weighted by molar-refractivity contribution is -0.116. The highest BCUT2D eigenvalue weighted by atomic mass is 35.5. The first-order valence-corrected chi connectivity index (χ1v) is 9.49. The molecule has 4 rings (SSSR count). The number of amides is 1. The van der Waals surface area contributed by atoms with Crippen molar-refractivity contribution in [3.8, 4) is 5.69 Å². The van der Waals surface area contributed by atoms with Gasteiger partial charge in [0, 0.05) is 17.5 Å². The van der Waals surface area contributed by atoms with Crippen molar-refractivity contribution in [1.29, 1.82) is 0 Å². The van der Waals surface area contributed by atoms with Crippen molar-refractivity contribution in [3.63, 3.8) is 0 Å². The van der Waals surface area contributed by atoms with Crippen LogP contribution in [-0.4, -0.2) is 21.5 Å². The number of aromatic nitrogens is 2. The summed E-state index contributed by atoms with van der Waals surface area (Å²) < 4.78 is 1.72. The van der Waals surface area contributed by atoms with Crippen molar-refractivity contribution in [1.82, 2.24) is 9.78 Å². The second-order valence-electron chi connectivity index (χ2n) is 7.25. The Kier molecular flexibility index (Phi) is 4.55. The van der Waals surface area contributed by atoms with Crippen LogP contribution in [-0.2, 0) is 4.79 Å². The smallest absolute Gasteiger partial charge is 0.226 e. The van der Waals surface area contributed by atoms with E-state index in [1.165, 1.54) is 0 Å². The summed E-state index contributed by atoms with van der Waals surface area (Å²) in [7, 11) is 0. The van der Waals surface area contributed by atoms with Crippen LogP contribution in [0.3, 0.4) is 0 Å². The molecule has 6 heteroatoms. The number of anilines is 1. The number of Topliss-reactive ketones (excluding diaryl/α,β-unsaturated/α-hetero) is 1. The molecule has 0 fully saturated rings. The Hall–Kier alpha value is -2.92. The summed E-state index contributed by atoms with van der Waals surface area (Å²) >= 11 is 6.24. The monoisotopic (exact) mass is 393 g/mol. The zero-order valence-electron chi connectivity index (χ0n) is 15.9. The summed E-state index contributed by atoms with van der Waals surface area (Å²) in [4.78, 5) is 25.7. The summed E-state index contributed by atoms with van der Waals surface area (Å²) in [5.74, 6) is -0.416. The van der Waals surface area contributed by atoms with Crippen molar-refractivity contribution in [2.45, 2.75) is 33.1 Å². The van der Waals surface area contributed by atoms with Crippen molar-refractivity contribution in [3.05, 3.63) is 75.4 Å². The van der Waals surface area contributed by atoms with Crippen LogP contribution in [0.1, 0.15) is 45.1 Å². The number of fused-ring (bicyclic) bond motifs is 1. The first-order chi connectivity index (χ1) is 13.3. The fraction of sp³-hybridized carbons (Fsp3) is 0.227. The van der Waals surface area contributed by atoms with Crippen LogP contribution in [0.25, 0.3) is 5.69 Å². The average molecular weight is 394 g/mol. The van der Waals surface area contributed by atoms with E-state index < -0.39 is 5.92 Å². The Morgan fingerprint density at radius 3 is 2.50 bits per heavy atom. The van der Waals surface area contributed by atoms with Crippen LogP contribution in [0.2, 0.25) is 5.02 Å². The van der Waals surface area contributed by atoms with E-state index in [0.29, 0.717) is 16.4 Å². The van der Waals surface area contributed by atoms with Gasteiger partial charge in [0.2, 0.25) is 5.91 Å². The Morgan fingerprint density at radius 2 is 1.82 bits per heavy atom. The van der Waals surface area contributed by atoms with Crippen LogP contribution >= 0.6 is 11.6 Å². The molecule has 1 aliphatic heterocycles. The number of aryl methyl sites for hydroxylation is 3. The molecule has 3 aromatic rings. The number of carbonyl (C=O) groups is 2. The Labute approximate surface area is 168 Å². The Morgan fingerprint density at radius 1 is 1.14 bits per heavy atom. The van der Waals surface area contributed by atoms with Crippen molar-refractivity contribution >= 4 is 29.1 Å². The third-order valence-corrected chi connectivity index (χ3v) is 5.34. The van der Waals surface area contributed by atoms with Gasteiger partial charge < -0.3 is 5.32 Å². The minimum absolute atomic E-state index is 0.0798. The quantitative estimate of drug-likeness (QED) is 0.652. The predicted molar refractivity (Wildman–Crippen MR) is 110 cm³/mol. The summed E-state index contributed by atoms with van der Waals surface area (Å²) in [5.41, 5.74) is 4.95. The first-order valence-electron chi connectivity index (χ1n) is 9.12. The van der Waals surface area contributed by atoms with Crippen LogP contribution < -0.4 is 5.32 Å². The van der Waals surface area contributed by atoms with Gasteiger partial charge in [-0.25, -0.2) is 4.68 Å². The van der Waals surface area contributed by atoms with E-state index in [9.17, 15) is 9.59 Å². The van der Waals surface area contributed by atoms with E-state index in [1.807, 2.05) is 32.9 Å². The van der Waals surface area contributed by atoms with E-state index in [2.05, 4.69) is 16.5 Å². The molecule has 1 N–H and O–H groups in total. The molecule has 28 heavy (non-hydrogen) atoms. The highest BCUT2D eigenvalue weighted by molar-refractivity contribution is 6.34. The molecule has 2 heterocycles. The number of rotatable bonds is 3. The molecule has 142 valence electrons. The molecular formula is C22H20ClN3O2. The molecule has 2 aromatic carbocycles. The van der Waals surface area contributed by atoms with Gasteiger partial charge in [0.15, 0.2) is 5.78 Å². The zero-order chi connectivity index (χ0) is 20.0. The van der Waals surface area contributed by atoms with Gasteiger partial charge in [-0.05, 0) is 56.2 Å². The van der Waals surface area contributed by atoms with E-state index in [0.717, 1.165) is 28.1 Å². The fourth-order valence-electron chi connectivity index (χ4n) is 3.88. The maximum absolute atomic E-state index is 13.2. The second kappa shape index (κ2) is 6.91. The van der Waals surface area contributed by atoms with E-state index in [-0.39, 0.29) is 18.1 Å². The standard InChI is InChI=1S/C22H20ClN3O2/c1-12-8-13(2)10-15(9-12)26-22-20(14(3)25-26)17(11-19(27)24-22)21(28)16-6-4-5-7-18(16)23/h4-10,17H,11H2,1-3H3,(H,24,27)/t17-/m0/s1. The fourth-order valence-corrected chi connectivity index (χ4v) is 4.11. The minimum atomic E-state index is -0.608. The van der Waals surface area contributed by atoms with Gasteiger partial charge in [-0.1, -0.05) is 29.8 Å². The molecule has 0 saturated heterocycles. The molecule has 0 bridgehead atoms. The first kappa shape index (κ1) is 18.4. The number of hydrogen-bond acceptors (Lipinski definition) is 3. The Balaban J connectivity index is 1.86. The highest BCUT2D eigenvalue weighted by Crippen LogP contribution is 2.39. The summed E-state index contributed by atoms with van der Waals surface area (Å²) in [6, 6.07) is 13.0. The van der Waals surface area contributed by atoms with Crippen molar-refractivity contribution < 1.29 is 9.59 Å². The third kappa shape index (κ3) is 3.12. The lowest BCUT2D eigenvalue weighted by atomic mass is 9.85. The Bertz CT molecular complexity index is 1100. The lowest BCUT2D eigenvalue weighted by Gasteiger charge is -2.23. The summed E-state index contributed by atoms with van der Waals surface area (Å²) in [6.45, 7) is 5.89. The van der Waals surface area contributed by atoms with Crippen LogP contribution in [0.15, 0.2) is 42.5 Å². The normalized spacial score (nSPS) is 15.9. The van der Waals surface area contributed by atoms with Crippen molar-refractivity contribution in [2.24, 2.45) is 0 Å². The van der Waals surface area contributed by atoms with Gasteiger partial charge in [-0.15, -0.1) is 0 Å². The van der Waals surface area contributed by atoms with E-state index in [4.69, 9.17) is 11.6 Å². The van der Waals surface area contributed by atoms with Crippen LogP contribution in [0, 0.1) is 20.8 Å². The number of carbonyl (C=O) groups excluding carboxylic acids is 2. The summed E-state index contributed by atoms with van der Waals surface area (Å²) in [5, 5.41) is 7.95. The van der Waals surface area contributed by atoms with Crippen molar-refractivity contribution in [2.75, 3.05) is 5.32 Å².